The van der Waals surface area contributed by atoms with Gasteiger partial charge in [-0.3, -0.25) is 0 Å². The molecule has 2 heterocycles. The van der Waals surface area contributed by atoms with Gasteiger partial charge in [-0.05, 0) is 0 Å². The van der Waals surface area contributed by atoms with Gasteiger partial charge < -0.3 is 0 Å². The molecule has 0 N–H and O–H groups in total. The molecular formula is C18H21NO2SSe. The Morgan fingerprint density at radius 1 is 1.30 bits per heavy atom. The number of amides is 1. The molecule has 0 spiro atoms. The maximum atomic E-state index is 12.7. The van der Waals surface area contributed by atoms with Crippen LogP contribution in [0.1, 0.15) is 25.6 Å². The molecule has 0 radical (unpaired) electrons. The van der Waals surface area contributed by atoms with E-state index in [1.807, 2.05) is 37.8 Å². The second-order valence-corrected chi connectivity index (χ2v) is 9.86. The molecule has 1 aromatic carbocycles. The Morgan fingerprint density at radius 3 is 2.74 bits per heavy atom. The Morgan fingerprint density at radius 2 is 2.04 bits per heavy atom. The standard InChI is InChI=1S/C18H21NO2SSe/c1-18(2,3)21-17(20)19-13(11-16-15(19)9-10-22-16)12-23-14-7-5-4-6-8-14/h4-10,13H,11-12H2,1-3H3. The van der Waals surface area contributed by atoms with Crippen molar-refractivity contribution in [1.82, 2.24) is 0 Å². The zero-order chi connectivity index (χ0) is 16.4. The number of carbonyl (C=O) groups is 1. The Labute approximate surface area is 147 Å². The summed E-state index contributed by atoms with van der Waals surface area (Å²) in [4.78, 5) is 15.8. The quantitative estimate of drug-likeness (QED) is 0.740. The minimum atomic E-state index is -0.467. The summed E-state index contributed by atoms with van der Waals surface area (Å²) in [5.41, 5.74) is 0.573. The summed E-state index contributed by atoms with van der Waals surface area (Å²) < 4.78 is 7.00. The van der Waals surface area contributed by atoms with Gasteiger partial charge in [0.15, 0.2) is 0 Å². The molecule has 1 amide bonds. The second kappa shape index (κ2) is 6.68. The predicted molar refractivity (Wildman–Crippen MR) is 97.2 cm³/mol. The SMILES string of the molecule is CC(C)(C)OC(=O)N1c2ccsc2CC1C[Se]c1ccccc1. The van der Waals surface area contributed by atoms with Crippen LogP contribution >= 0.6 is 11.3 Å². The molecule has 0 fully saturated rings. The number of hydrogen-bond acceptors (Lipinski definition) is 3. The van der Waals surface area contributed by atoms with Crippen LogP contribution < -0.4 is 9.36 Å². The van der Waals surface area contributed by atoms with E-state index in [4.69, 9.17) is 4.74 Å². The summed E-state index contributed by atoms with van der Waals surface area (Å²) in [5, 5.41) is 3.07. The van der Waals surface area contributed by atoms with Crippen LogP contribution in [0.25, 0.3) is 0 Å². The van der Waals surface area contributed by atoms with E-state index in [0.717, 1.165) is 17.4 Å². The van der Waals surface area contributed by atoms with Crippen molar-refractivity contribution in [3.63, 3.8) is 0 Å². The summed E-state index contributed by atoms with van der Waals surface area (Å²) in [6.45, 7) is 5.75. The molecule has 0 bridgehead atoms. The summed E-state index contributed by atoms with van der Waals surface area (Å²) >= 11 is 2.10. The van der Waals surface area contributed by atoms with E-state index in [1.54, 1.807) is 11.3 Å². The van der Waals surface area contributed by atoms with Gasteiger partial charge in [-0.1, -0.05) is 0 Å². The van der Waals surface area contributed by atoms with Gasteiger partial charge in [0.2, 0.25) is 0 Å². The Bertz CT molecular complexity index is 678. The zero-order valence-electron chi connectivity index (χ0n) is 13.6. The van der Waals surface area contributed by atoms with Crippen molar-refractivity contribution in [3.05, 3.63) is 46.7 Å². The van der Waals surface area contributed by atoms with Crippen LogP contribution in [-0.4, -0.2) is 32.7 Å². The first kappa shape index (κ1) is 16.6. The third kappa shape index (κ3) is 3.97. The fraction of sp³-hybridized carbons (Fsp3) is 0.389. The summed E-state index contributed by atoms with van der Waals surface area (Å²) in [6, 6.07) is 12.8. The van der Waals surface area contributed by atoms with Crippen LogP contribution in [0.5, 0.6) is 0 Å². The fourth-order valence-electron chi connectivity index (χ4n) is 2.60. The topological polar surface area (TPSA) is 29.5 Å². The van der Waals surface area contributed by atoms with Crippen molar-refractivity contribution in [2.24, 2.45) is 0 Å². The van der Waals surface area contributed by atoms with Gasteiger partial charge in [-0.15, -0.1) is 0 Å². The summed E-state index contributed by atoms with van der Waals surface area (Å²) in [5.74, 6) is 0. The van der Waals surface area contributed by atoms with Gasteiger partial charge in [0, 0.05) is 0 Å². The monoisotopic (exact) mass is 395 g/mol. The van der Waals surface area contributed by atoms with E-state index < -0.39 is 5.60 Å². The van der Waals surface area contributed by atoms with Gasteiger partial charge in [0.1, 0.15) is 0 Å². The van der Waals surface area contributed by atoms with Crippen molar-refractivity contribution in [3.8, 4) is 0 Å². The van der Waals surface area contributed by atoms with E-state index in [2.05, 4.69) is 29.6 Å². The molecular weight excluding hydrogens is 373 g/mol. The zero-order valence-corrected chi connectivity index (χ0v) is 16.1. The second-order valence-electron chi connectivity index (χ2n) is 6.56. The Balaban J connectivity index is 1.74. The number of thiophene rings is 1. The molecule has 122 valence electrons. The van der Waals surface area contributed by atoms with Crippen molar-refractivity contribution in [1.29, 1.82) is 0 Å². The number of anilines is 1. The first-order valence-electron chi connectivity index (χ1n) is 7.70. The fourth-order valence-corrected chi connectivity index (χ4v) is 5.64. The molecule has 23 heavy (non-hydrogen) atoms. The van der Waals surface area contributed by atoms with Crippen molar-refractivity contribution in [2.75, 3.05) is 4.90 Å². The first-order chi connectivity index (χ1) is 10.9. The van der Waals surface area contributed by atoms with E-state index >= 15 is 0 Å². The molecule has 1 unspecified atom stereocenters. The van der Waals surface area contributed by atoms with Crippen molar-refractivity contribution < 1.29 is 9.53 Å². The maximum absolute atomic E-state index is 12.7. The van der Waals surface area contributed by atoms with E-state index in [1.165, 1.54) is 9.34 Å². The van der Waals surface area contributed by atoms with E-state index in [0.29, 0.717) is 15.0 Å². The van der Waals surface area contributed by atoms with Crippen LogP contribution in [0.2, 0.25) is 5.32 Å². The number of nitrogens with zero attached hydrogens (tertiary/aromatic N) is 1. The molecule has 1 aliphatic rings. The molecule has 3 nitrogen and oxygen atoms in total. The number of ether oxygens (including phenoxy) is 1. The van der Waals surface area contributed by atoms with Gasteiger partial charge in [-0.25, -0.2) is 0 Å². The van der Waals surface area contributed by atoms with Gasteiger partial charge in [-0.2, -0.15) is 0 Å². The number of rotatable bonds is 3. The van der Waals surface area contributed by atoms with Crippen molar-refractivity contribution in [2.45, 2.75) is 44.2 Å². The summed E-state index contributed by atoms with van der Waals surface area (Å²) in [7, 11) is 0. The van der Waals surface area contributed by atoms with E-state index in [-0.39, 0.29) is 12.1 Å². The molecule has 2 aromatic rings. The molecule has 1 aromatic heterocycles. The normalized spacial score (nSPS) is 17.2. The van der Waals surface area contributed by atoms with Gasteiger partial charge >= 0.3 is 148 Å². The van der Waals surface area contributed by atoms with Crippen LogP contribution in [-0.2, 0) is 11.2 Å². The van der Waals surface area contributed by atoms with E-state index in [9.17, 15) is 4.79 Å². The third-order valence-corrected chi connectivity index (χ3v) is 6.90. The molecule has 0 aliphatic carbocycles. The first-order valence-corrected chi connectivity index (χ1v) is 10.7. The minimum absolute atomic E-state index is 0.215. The van der Waals surface area contributed by atoms with Crippen LogP contribution in [0.4, 0.5) is 10.5 Å². The van der Waals surface area contributed by atoms with Gasteiger partial charge in [0.25, 0.3) is 0 Å². The third-order valence-electron chi connectivity index (χ3n) is 3.54. The molecule has 0 saturated heterocycles. The van der Waals surface area contributed by atoms with Crippen LogP contribution in [0.3, 0.4) is 0 Å². The number of fused-ring (bicyclic) bond motifs is 1. The Kier molecular flexibility index (Phi) is 4.81. The molecule has 5 heteroatoms. The van der Waals surface area contributed by atoms with Crippen molar-refractivity contribution >= 4 is 42.5 Å². The predicted octanol–water partition coefficient (Wildman–Crippen LogP) is 3.86. The number of hydrogen-bond donors (Lipinski definition) is 0. The molecule has 1 atom stereocenters. The molecule has 3 rings (SSSR count). The summed E-state index contributed by atoms with van der Waals surface area (Å²) in [6.07, 6.45) is 0.726. The van der Waals surface area contributed by atoms with Crippen LogP contribution in [0.15, 0.2) is 41.8 Å². The molecule has 0 saturated carbocycles. The Hall–Kier alpha value is -1.29. The number of carbonyl (C=O) groups excluding carboxylic acids is 1. The van der Waals surface area contributed by atoms with Gasteiger partial charge in [0.05, 0.1) is 0 Å². The van der Waals surface area contributed by atoms with Crippen LogP contribution in [0, 0.1) is 0 Å². The number of benzene rings is 1. The molecule has 1 aliphatic heterocycles. The average Bonchev–Trinajstić information content (AvgIpc) is 3.04. The average molecular weight is 394 g/mol.